The molecule has 0 bridgehead atoms. The number of hydrogen-bond acceptors (Lipinski definition) is 4. The van der Waals surface area contributed by atoms with Gasteiger partial charge in [-0.1, -0.05) is 37.6 Å². The van der Waals surface area contributed by atoms with E-state index in [1.165, 1.54) is 12.3 Å². The van der Waals surface area contributed by atoms with Crippen molar-refractivity contribution in [1.29, 1.82) is 0 Å². The van der Waals surface area contributed by atoms with Crippen LogP contribution >= 0.6 is 11.6 Å². The third-order valence-corrected chi connectivity index (χ3v) is 3.37. The summed E-state index contributed by atoms with van der Waals surface area (Å²) in [7, 11) is 0. The first kappa shape index (κ1) is 16.7. The Morgan fingerprint density at radius 2 is 1.91 bits per heavy atom. The molecule has 3 N–H and O–H groups in total. The van der Waals surface area contributed by atoms with Crippen LogP contribution in [0.1, 0.15) is 24.2 Å². The summed E-state index contributed by atoms with van der Waals surface area (Å²) in [5, 5.41) is 10.3. The third kappa shape index (κ3) is 3.40. The first-order valence-corrected chi connectivity index (χ1v) is 7.48. The first-order chi connectivity index (χ1) is 11.1. The molecule has 0 atom stereocenters. The number of nitrogens with zero attached hydrogens (tertiary/aromatic N) is 2. The Kier molecular flexibility index (Phi) is 5.13. The molecule has 5 nitrogen and oxygen atoms in total. The van der Waals surface area contributed by atoms with Crippen LogP contribution in [0.15, 0.2) is 42.6 Å². The molecular weight excluding hydrogens is 314 g/mol. The highest BCUT2D eigenvalue weighted by atomic mass is 35.5. The molecule has 1 aromatic carbocycles. The maximum absolute atomic E-state index is 11.5. The summed E-state index contributed by atoms with van der Waals surface area (Å²) in [6, 6.07) is 9.90. The molecular formula is C17H16ClN3O2. The van der Waals surface area contributed by atoms with Gasteiger partial charge >= 0.3 is 5.97 Å². The minimum atomic E-state index is -1.04. The molecule has 0 spiro atoms. The van der Waals surface area contributed by atoms with Crippen LogP contribution in [0.3, 0.4) is 0 Å². The third-order valence-electron chi connectivity index (χ3n) is 3.07. The molecule has 2 heterocycles. The Labute approximate surface area is 138 Å². The van der Waals surface area contributed by atoms with Crippen molar-refractivity contribution in [2.24, 2.45) is 0 Å². The maximum atomic E-state index is 11.5. The van der Waals surface area contributed by atoms with Gasteiger partial charge in [-0.15, -0.1) is 0 Å². The Hall–Kier alpha value is -2.66. The number of carboxylic acid groups (broad SMARTS) is 1. The number of nitrogens with two attached hydrogens (primary N) is 1. The molecule has 0 saturated carbocycles. The van der Waals surface area contributed by atoms with Crippen molar-refractivity contribution in [3.8, 4) is 11.4 Å². The summed E-state index contributed by atoms with van der Waals surface area (Å²) in [5.74, 6) is -1.04. The molecule has 0 amide bonds. The van der Waals surface area contributed by atoms with Crippen molar-refractivity contribution >= 4 is 34.2 Å². The SMILES string of the molecule is CC.Nc1ccc(-c2cc(C(=O)O)c3cccc(Cl)c3n2)nc1. The lowest BCUT2D eigenvalue weighted by molar-refractivity contribution is 0.0699. The van der Waals surface area contributed by atoms with Gasteiger partial charge in [0.15, 0.2) is 0 Å². The average Bonchev–Trinajstić information content (AvgIpc) is 2.57. The fraction of sp³-hybridized carbons (Fsp3) is 0.118. The molecule has 0 aliphatic rings. The molecule has 0 saturated heterocycles. The topological polar surface area (TPSA) is 89.1 Å². The summed E-state index contributed by atoms with van der Waals surface area (Å²) < 4.78 is 0. The van der Waals surface area contributed by atoms with Gasteiger partial charge in [-0.3, -0.25) is 4.98 Å². The van der Waals surface area contributed by atoms with Gasteiger partial charge in [0.1, 0.15) is 0 Å². The Morgan fingerprint density at radius 1 is 1.17 bits per heavy atom. The van der Waals surface area contributed by atoms with Crippen LogP contribution in [0.5, 0.6) is 0 Å². The van der Waals surface area contributed by atoms with Gasteiger partial charge in [-0.2, -0.15) is 0 Å². The van der Waals surface area contributed by atoms with E-state index in [0.717, 1.165) is 0 Å². The fourth-order valence-corrected chi connectivity index (χ4v) is 2.30. The van der Waals surface area contributed by atoms with Crippen LogP contribution in [-0.4, -0.2) is 21.0 Å². The second-order valence-corrected chi connectivity index (χ2v) is 4.88. The number of para-hydroxylation sites is 1. The van der Waals surface area contributed by atoms with Gasteiger partial charge in [0.25, 0.3) is 0 Å². The number of carboxylic acids is 1. The van der Waals surface area contributed by atoms with Crippen LogP contribution in [0.4, 0.5) is 5.69 Å². The summed E-state index contributed by atoms with van der Waals surface area (Å²) in [6.07, 6.45) is 1.49. The van der Waals surface area contributed by atoms with E-state index in [9.17, 15) is 9.90 Å². The number of hydrogen-bond donors (Lipinski definition) is 2. The molecule has 23 heavy (non-hydrogen) atoms. The fourth-order valence-electron chi connectivity index (χ4n) is 2.08. The average molecular weight is 330 g/mol. The van der Waals surface area contributed by atoms with E-state index in [-0.39, 0.29) is 5.56 Å². The number of anilines is 1. The summed E-state index contributed by atoms with van der Waals surface area (Å²) in [5.41, 5.74) is 7.67. The number of rotatable bonds is 2. The standard InChI is InChI=1S/C15H10ClN3O2.C2H6/c16-11-3-1-2-9-10(15(20)21)6-13(19-14(9)11)12-5-4-8(17)7-18-12;1-2/h1-7H,17H2,(H,20,21);1-2H3. The summed E-state index contributed by atoms with van der Waals surface area (Å²) in [6.45, 7) is 4.00. The molecule has 6 heteroatoms. The van der Waals surface area contributed by atoms with Gasteiger partial charge < -0.3 is 10.8 Å². The maximum Gasteiger partial charge on any atom is 0.336 e. The largest absolute Gasteiger partial charge is 0.478 e. The smallest absolute Gasteiger partial charge is 0.336 e. The zero-order chi connectivity index (χ0) is 17.0. The number of benzene rings is 1. The van der Waals surface area contributed by atoms with Crippen LogP contribution in [-0.2, 0) is 0 Å². The second-order valence-electron chi connectivity index (χ2n) is 4.47. The summed E-state index contributed by atoms with van der Waals surface area (Å²) in [4.78, 5) is 20.0. The van der Waals surface area contributed by atoms with Crippen molar-refractivity contribution in [1.82, 2.24) is 9.97 Å². The lowest BCUT2D eigenvalue weighted by atomic mass is 10.1. The molecule has 118 valence electrons. The highest BCUT2D eigenvalue weighted by molar-refractivity contribution is 6.35. The van der Waals surface area contributed by atoms with Crippen molar-refractivity contribution < 1.29 is 9.90 Å². The molecule has 3 aromatic rings. The van der Waals surface area contributed by atoms with E-state index >= 15 is 0 Å². The Bertz CT molecular complexity index is 848. The van der Waals surface area contributed by atoms with Crippen molar-refractivity contribution in [2.75, 3.05) is 5.73 Å². The van der Waals surface area contributed by atoms with E-state index in [1.807, 2.05) is 13.8 Å². The molecule has 0 fully saturated rings. The number of carbonyl (C=O) groups is 1. The van der Waals surface area contributed by atoms with E-state index < -0.39 is 5.97 Å². The summed E-state index contributed by atoms with van der Waals surface area (Å²) >= 11 is 6.12. The zero-order valence-corrected chi connectivity index (χ0v) is 13.5. The predicted molar refractivity (Wildman–Crippen MR) is 92.7 cm³/mol. The van der Waals surface area contributed by atoms with Crippen LogP contribution in [0, 0.1) is 0 Å². The highest BCUT2D eigenvalue weighted by Crippen LogP contribution is 2.28. The molecule has 0 aliphatic carbocycles. The van der Waals surface area contributed by atoms with Crippen molar-refractivity contribution in [3.63, 3.8) is 0 Å². The van der Waals surface area contributed by atoms with Gasteiger partial charge in [-0.25, -0.2) is 9.78 Å². The zero-order valence-electron chi connectivity index (χ0n) is 12.7. The molecule has 0 unspecified atom stereocenters. The number of halogens is 1. The number of fused-ring (bicyclic) bond motifs is 1. The Morgan fingerprint density at radius 3 is 2.52 bits per heavy atom. The van der Waals surface area contributed by atoms with Crippen molar-refractivity contribution in [2.45, 2.75) is 13.8 Å². The van der Waals surface area contributed by atoms with Gasteiger partial charge in [0, 0.05) is 5.39 Å². The second kappa shape index (κ2) is 7.07. The van der Waals surface area contributed by atoms with E-state index in [1.54, 1.807) is 30.3 Å². The molecule has 3 rings (SSSR count). The minimum absolute atomic E-state index is 0.135. The molecule has 0 radical (unpaired) electrons. The lowest BCUT2D eigenvalue weighted by Gasteiger charge is -2.08. The first-order valence-electron chi connectivity index (χ1n) is 7.11. The van der Waals surface area contributed by atoms with Crippen LogP contribution in [0.25, 0.3) is 22.3 Å². The number of aromatic nitrogens is 2. The van der Waals surface area contributed by atoms with E-state index in [4.69, 9.17) is 17.3 Å². The quantitative estimate of drug-likeness (QED) is 0.733. The number of nitrogen functional groups attached to an aromatic ring is 1. The predicted octanol–water partition coefficient (Wildman–Crippen LogP) is 4.26. The van der Waals surface area contributed by atoms with Crippen LogP contribution < -0.4 is 5.73 Å². The highest BCUT2D eigenvalue weighted by Gasteiger charge is 2.15. The van der Waals surface area contributed by atoms with Gasteiger partial charge in [-0.05, 0) is 24.3 Å². The van der Waals surface area contributed by atoms with E-state index in [2.05, 4.69) is 9.97 Å². The van der Waals surface area contributed by atoms with Crippen molar-refractivity contribution in [3.05, 3.63) is 53.2 Å². The normalized spacial score (nSPS) is 10.0. The molecule has 2 aromatic heterocycles. The van der Waals surface area contributed by atoms with Crippen LogP contribution in [0.2, 0.25) is 5.02 Å². The monoisotopic (exact) mass is 329 g/mol. The minimum Gasteiger partial charge on any atom is -0.478 e. The number of aromatic carboxylic acids is 1. The molecule has 0 aliphatic heterocycles. The van der Waals surface area contributed by atoms with Gasteiger partial charge in [0.2, 0.25) is 0 Å². The van der Waals surface area contributed by atoms with E-state index in [0.29, 0.717) is 33.0 Å². The van der Waals surface area contributed by atoms with Gasteiger partial charge in [0.05, 0.1) is 39.4 Å². The lowest BCUT2D eigenvalue weighted by Crippen LogP contribution is -2.01. The number of pyridine rings is 2. The Balaban J connectivity index is 0.000000924.